The highest BCUT2D eigenvalue weighted by Crippen LogP contribution is 2.57. The lowest BCUT2D eigenvalue weighted by molar-refractivity contribution is -0.149. The molecule has 0 saturated heterocycles. The number of ether oxygens (including phenoxy) is 1. The summed E-state index contributed by atoms with van der Waals surface area (Å²) in [6, 6.07) is 10.4. The molecule has 3 aliphatic carbocycles. The van der Waals surface area contributed by atoms with Gasteiger partial charge in [0.1, 0.15) is 28.9 Å². The zero-order chi connectivity index (χ0) is 26.8. The van der Waals surface area contributed by atoms with E-state index in [0.29, 0.717) is 0 Å². The van der Waals surface area contributed by atoms with Crippen LogP contribution in [0.4, 0.5) is 0 Å². The maximum absolute atomic E-state index is 13.7. The Morgan fingerprint density at radius 2 is 1.73 bits per heavy atom. The van der Waals surface area contributed by atoms with Crippen LogP contribution in [0.1, 0.15) is 40.4 Å². The summed E-state index contributed by atoms with van der Waals surface area (Å²) >= 11 is 6.41. The van der Waals surface area contributed by atoms with Crippen LogP contribution in [-0.4, -0.2) is 49.5 Å². The van der Waals surface area contributed by atoms with Crippen molar-refractivity contribution in [3.8, 4) is 5.75 Å². The Bertz CT molecular complexity index is 1460. The molecule has 11 heteroatoms. The molecule has 0 unspecified atom stereocenters. The van der Waals surface area contributed by atoms with Crippen molar-refractivity contribution in [2.45, 2.75) is 24.5 Å². The number of halogens is 1. The van der Waals surface area contributed by atoms with E-state index in [1.54, 1.807) is 18.2 Å². The van der Waals surface area contributed by atoms with Crippen molar-refractivity contribution in [1.29, 1.82) is 0 Å². The average molecular weight is 526 g/mol. The third-order valence-electron chi connectivity index (χ3n) is 7.20. The first kappa shape index (κ1) is 24.5. The number of phenolic OH excluding ortho intramolecular Hbond substituents is 1. The number of ketones is 2. The summed E-state index contributed by atoms with van der Waals surface area (Å²) in [5, 5.41) is 43.8. The van der Waals surface area contributed by atoms with E-state index in [0.717, 1.165) is 0 Å². The van der Waals surface area contributed by atoms with Gasteiger partial charge in [-0.15, -0.1) is 0 Å². The van der Waals surface area contributed by atoms with Gasteiger partial charge in [-0.2, -0.15) is 0 Å². The van der Waals surface area contributed by atoms with Crippen molar-refractivity contribution < 1.29 is 44.3 Å². The molecule has 0 aromatic heterocycles. The van der Waals surface area contributed by atoms with E-state index in [1.165, 1.54) is 24.3 Å². The molecule has 1 fully saturated rings. The lowest BCUT2D eigenvalue weighted by Gasteiger charge is -2.47. The minimum Gasteiger partial charge on any atom is -0.508 e. The second-order valence-electron chi connectivity index (χ2n) is 9.16. The lowest BCUT2D eigenvalue weighted by atomic mass is 9.58. The van der Waals surface area contributed by atoms with Crippen LogP contribution in [0, 0.1) is 11.8 Å². The van der Waals surface area contributed by atoms with Crippen molar-refractivity contribution in [2.75, 3.05) is 0 Å². The van der Waals surface area contributed by atoms with Crippen LogP contribution in [0.25, 0.3) is 5.76 Å². The molecule has 190 valence electrons. The number of aliphatic hydroxyl groups is 3. The minimum atomic E-state index is -2.75. The van der Waals surface area contributed by atoms with E-state index in [-0.39, 0.29) is 28.1 Å². The molecular formula is C26H20ClNO9. The van der Waals surface area contributed by atoms with Gasteiger partial charge in [-0.1, -0.05) is 29.8 Å². The molecule has 1 saturated carbocycles. The van der Waals surface area contributed by atoms with Crippen LogP contribution in [-0.2, 0) is 19.1 Å². The molecule has 2 aromatic rings. The highest BCUT2D eigenvalue weighted by Gasteiger charge is 2.62. The predicted molar refractivity (Wildman–Crippen MR) is 127 cm³/mol. The lowest BCUT2D eigenvalue weighted by Crippen LogP contribution is -2.58. The fourth-order valence-electron chi connectivity index (χ4n) is 5.49. The first-order chi connectivity index (χ1) is 17.5. The van der Waals surface area contributed by atoms with Crippen LogP contribution in [0.15, 0.2) is 59.4 Å². The van der Waals surface area contributed by atoms with E-state index in [4.69, 9.17) is 22.1 Å². The second-order valence-corrected chi connectivity index (χ2v) is 9.57. The molecule has 0 spiro atoms. The predicted octanol–water partition coefficient (Wildman–Crippen LogP) is 2.43. The second kappa shape index (κ2) is 8.46. The minimum absolute atomic E-state index is 0.0241. The van der Waals surface area contributed by atoms with Gasteiger partial charge in [0, 0.05) is 34.4 Å². The number of fused-ring (bicyclic) bond motifs is 3. The molecule has 3 aliphatic rings. The highest BCUT2D eigenvalue weighted by molar-refractivity contribution is 6.32. The van der Waals surface area contributed by atoms with Gasteiger partial charge in [0.05, 0.1) is 11.1 Å². The zero-order valence-corrected chi connectivity index (χ0v) is 19.7. The summed E-state index contributed by atoms with van der Waals surface area (Å²) in [6.45, 7) is 0. The number of benzene rings is 2. The van der Waals surface area contributed by atoms with E-state index in [9.17, 15) is 39.6 Å². The molecule has 0 radical (unpaired) electrons. The Balaban J connectivity index is 1.71. The van der Waals surface area contributed by atoms with Gasteiger partial charge in [-0.25, -0.2) is 4.79 Å². The number of primary amides is 1. The summed E-state index contributed by atoms with van der Waals surface area (Å²) in [7, 11) is 0. The summed E-state index contributed by atoms with van der Waals surface area (Å²) in [6.07, 6.45) is -2.07. The van der Waals surface area contributed by atoms with Crippen LogP contribution >= 0.6 is 11.6 Å². The smallest absolute Gasteiger partial charge is 0.338 e. The maximum Gasteiger partial charge on any atom is 0.338 e. The number of carbonyl (C=O) groups is 4. The Labute approximate surface area is 214 Å². The summed E-state index contributed by atoms with van der Waals surface area (Å²) < 4.78 is 5.78. The van der Waals surface area contributed by atoms with E-state index < -0.39 is 81.8 Å². The zero-order valence-electron chi connectivity index (χ0n) is 19.0. The van der Waals surface area contributed by atoms with Crippen molar-refractivity contribution in [3.05, 3.63) is 81.1 Å². The number of esters is 1. The molecule has 0 aliphatic heterocycles. The number of hydrogen-bond acceptors (Lipinski definition) is 9. The highest BCUT2D eigenvalue weighted by atomic mass is 35.5. The molecule has 6 N–H and O–H groups in total. The summed E-state index contributed by atoms with van der Waals surface area (Å²) in [5.74, 6) is -8.99. The van der Waals surface area contributed by atoms with E-state index in [2.05, 4.69) is 0 Å². The molecule has 37 heavy (non-hydrogen) atoms. The Kier molecular flexibility index (Phi) is 5.61. The van der Waals surface area contributed by atoms with Crippen molar-refractivity contribution in [3.63, 3.8) is 0 Å². The van der Waals surface area contributed by atoms with Crippen LogP contribution in [0.2, 0.25) is 5.02 Å². The van der Waals surface area contributed by atoms with Gasteiger partial charge in [-0.3, -0.25) is 14.4 Å². The average Bonchev–Trinajstić information content (AvgIpc) is 2.85. The third kappa shape index (κ3) is 3.44. The number of aliphatic hydroxyl groups excluding tert-OH is 2. The number of phenols is 1. The Morgan fingerprint density at radius 3 is 2.38 bits per heavy atom. The largest absolute Gasteiger partial charge is 0.508 e. The number of hydrogen-bond donors (Lipinski definition) is 5. The third-order valence-corrected chi connectivity index (χ3v) is 7.53. The molecule has 0 heterocycles. The number of aromatic hydroxyl groups is 1. The van der Waals surface area contributed by atoms with Crippen LogP contribution in [0.3, 0.4) is 0 Å². The Morgan fingerprint density at radius 1 is 1.05 bits per heavy atom. The monoisotopic (exact) mass is 525 g/mol. The molecule has 10 nitrogen and oxygen atoms in total. The maximum atomic E-state index is 13.7. The number of nitrogens with two attached hydrogens (primary N) is 1. The first-order valence-electron chi connectivity index (χ1n) is 11.2. The van der Waals surface area contributed by atoms with E-state index >= 15 is 0 Å². The number of amides is 1. The molecule has 1 amide bonds. The SMILES string of the molecule is NC(=O)C1=C(O)[C@@]2(O)C(=O)C3=C(O)c4c(O)ccc(Cl)c4[C@@H](OC(=O)c4ccccc4)[C@H]3C[C@H]2CC1=O. The van der Waals surface area contributed by atoms with Gasteiger partial charge in [0.2, 0.25) is 5.78 Å². The first-order valence-corrected chi connectivity index (χ1v) is 11.6. The van der Waals surface area contributed by atoms with Gasteiger partial charge in [0.15, 0.2) is 11.4 Å². The van der Waals surface area contributed by atoms with Crippen molar-refractivity contribution in [2.24, 2.45) is 17.6 Å². The van der Waals surface area contributed by atoms with Gasteiger partial charge in [0.25, 0.3) is 5.91 Å². The van der Waals surface area contributed by atoms with Gasteiger partial charge < -0.3 is 30.9 Å². The van der Waals surface area contributed by atoms with Crippen molar-refractivity contribution >= 4 is 40.8 Å². The number of Topliss-reactive ketones (excluding diaryl/α,β-unsaturated/α-hetero) is 2. The number of rotatable bonds is 3. The topological polar surface area (TPSA) is 184 Å². The standard InChI is InChI=1S/C26H20ClNO9/c27-13-6-7-14(29)18-17(13)21(37-25(35)10-4-2-1-3-5-10)12-8-11-9-15(30)19(24(28)34)23(33)26(11,36)22(32)16(12)20(18)31/h1-7,11-12,21,29,31,33,36H,8-9H2,(H2,28,34)/t11-,12-,21-,26-/m0/s1. The quantitative estimate of drug-likeness (QED) is 0.296. The molecule has 0 bridgehead atoms. The van der Waals surface area contributed by atoms with Crippen LogP contribution < -0.4 is 5.73 Å². The van der Waals surface area contributed by atoms with Crippen LogP contribution in [0.5, 0.6) is 5.75 Å². The van der Waals surface area contributed by atoms with E-state index in [1.807, 2.05) is 0 Å². The van der Waals surface area contributed by atoms with Gasteiger partial charge in [-0.05, 0) is 30.7 Å². The molecule has 2 aromatic carbocycles. The number of carbonyl (C=O) groups excluding carboxylic acids is 4. The molecular weight excluding hydrogens is 506 g/mol. The molecule has 5 rings (SSSR count). The molecule has 4 atom stereocenters. The Hall–Kier alpha value is -4.15. The fourth-order valence-corrected chi connectivity index (χ4v) is 5.76. The fraction of sp³-hybridized carbons (Fsp3) is 0.231. The summed E-state index contributed by atoms with van der Waals surface area (Å²) in [4.78, 5) is 51.1. The van der Waals surface area contributed by atoms with Crippen molar-refractivity contribution in [1.82, 2.24) is 0 Å². The van der Waals surface area contributed by atoms with Gasteiger partial charge >= 0.3 is 5.97 Å². The normalized spacial score (nSPS) is 26.8. The summed E-state index contributed by atoms with van der Waals surface area (Å²) in [5.41, 5.74) is 1.01.